The van der Waals surface area contributed by atoms with Crippen molar-refractivity contribution < 1.29 is 0 Å². The van der Waals surface area contributed by atoms with Gasteiger partial charge in [-0.05, 0) is 87.1 Å². The van der Waals surface area contributed by atoms with Crippen LogP contribution in [0.1, 0.15) is 68.2 Å². The van der Waals surface area contributed by atoms with E-state index in [4.69, 9.17) is 0 Å². The quantitative estimate of drug-likeness (QED) is 0.340. The first kappa shape index (κ1) is 22.7. The molecule has 0 heterocycles. The number of aryl methyl sites for hydroxylation is 2. The first-order chi connectivity index (χ1) is 14.0. The molecule has 0 amide bonds. The maximum atomic E-state index is 4.31. The summed E-state index contributed by atoms with van der Waals surface area (Å²) in [6.07, 6.45) is 13.4. The molecule has 0 bridgehead atoms. The summed E-state index contributed by atoms with van der Waals surface area (Å²) in [5.74, 6) is 0. The fourth-order valence-corrected chi connectivity index (χ4v) is 3.62. The lowest BCUT2D eigenvalue weighted by Crippen LogP contribution is -1.94. The Bertz CT molecular complexity index is 862. The molecule has 0 saturated heterocycles. The van der Waals surface area contributed by atoms with Gasteiger partial charge in [-0.1, -0.05) is 84.5 Å². The smallest absolute Gasteiger partial charge is 0.0154 e. The highest BCUT2D eigenvalue weighted by Crippen LogP contribution is 2.25. The summed E-state index contributed by atoms with van der Waals surface area (Å²) in [7, 11) is 0. The summed E-state index contributed by atoms with van der Waals surface area (Å²) in [6.45, 7) is 14.8. The molecule has 29 heavy (non-hydrogen) atoms. The van der Waals surface area contributed by atoms with Crippen molar-refractivity contribution >= 4 is 5.57 Å². The minimum Gasteiger partial charge on any atom is -0.103 e. The van der Waals surface area contributed by atoms with E-state index in [-0.39, 0.29) is 0 Å². The van der Waals surface area contributed by atoms with Crippen molar-refractivity contribution in [1.29, 1.82) is 0 Å². The zero-order chi connectivity index (χ0) is 21.1. The highest BCUT2D eigenvalue weighted by molar-refractivity contribution is 5.79. The van der Waals surface area contributed by atoms with Crippen LogP contribution in [0.3, 0.4) is 0 Å². The van der Waals surface area contributed by atoms with Gasteiger partial charge in [-0.15, -0.1) is 6.58 Å². The van der Waals surface area contributed by atoms with Gasteiger partial charge in [0.1, 0.15) is 0 Å². The largest absolute Gasteiger partial charge is 0.103 e. The Morgan fingerprint density at radius 3 is 2.34 bits per heavy atom. The molecule has 0 nitrogen and oxygen atoms in total. The summed E-state index contributed by atoms with van der Waals surface area (Å²) in [5.41, 5.74) is 9.24. The Labute approximate surface area is 178 Å². The van der Waals surface area contributed by atoms with Crippen LogP contribution in [-0.4, -0.2) is 0 Å². The SMILES string of the molecule is C=CC/C=C(\C)CC/C=C(\C)CCCc1ccc(C(=C)c2ccccc2)c(C)c1. The van der Waals surface area contributed by atoms with Crippen LogP contribution < -0.4 is 0 Å². The molecule has 0 spiro atoms. The van der Waals surface area contributed by atoms with E-state index in [1.807, 2.05) is 12.1 Å². The molecule has 0 aliphatic rings. The maximum Gasteiger partial charge on any atom is -0.0154 e. The van der Waals surface area contributed by atoms with Crippen molar-refractivity contribution in [3.8, 4) is 0 Å². The van der Waals surface area contributed by atoms with E-state index in [0.717, 1.165) is 31.3 Å². The third-order valence-corrected chi connectivity index (χ3v) is 5.44. The molecule has 0 atom stereocenters. The first-order valence-electron chi connectivity index (χ1n) is 10.8. The minimum absolute atomic E-state index is 0.978. The second kappa shape index (κ2) is 12.1. The Kier molecular flexibility index (Phi) is 9.44. The zero-order valence-electron chi connectivity index (χ0n) is 18.5. The van der Waals surface area contributed by atoms with Crippen molar-refractivity contribution in [3.63, 3.8) is 0 Å². The van der Waals surface area contributed by atoms with Gasteiger partial charge in [0.05, 0.1) is 0 Å². The number of benzene rings is 2. The lowest BCUT2D eigenvalue weighted by atomic mass is 9.93. The summed E-state index contributed by atoms with van der Waals surface area (Å²) in [4.78, 5) is 0. The van der Waals surface area contributed by atoms with Crippen LogP contribution >= 0.6 is 0 Å². The Morgan fingerprint density at radius 2 is 1.66 bits per heavy atom. The highest BCUT2D eigenvalue weighted by atomic mass is 14.1. The summed E-state index contributed by atoms with van der Waals surface area (Å²) >= 11 is 0. The second-order valence-electron chi connectivity index (χ2n) is 8.01. The molecule has 2 aromatic carbocycles. The molecule has 0 saturated carbocycles. The van der Waals surface area contributed by atoms with Gasteiger partial charge in [-0.2, -0.15) is 0 Å². The number of rotatable bonds is 11. The monoisotopic (exact) mass is 384 g/mol. The van der Waals surface area contributed by atoms with Crippen molar-refractivity contribution in [1.82, 2.24) is 0 Å². The summed E-state index contributed by atoms with van der Waals surface area (Å²) in [6, 6.07) is 17.3. The van der Waals surface area contributed by atoms with Crippen LogP contribution in [0, 0.1) is 6.92 Å². The molecule has 0 fully saturated rings. The molecule has 0 aromatic heterocycles. The first-order valence-corrected chi connectivity index (χ1v) is 10.8. The highest BCUT2D eigenvalue weighted by Gasteiger charge is 2.06. The summed E-state index contributed by atoms with van der Waals surface area (Å²) < 4.78 is 0. The third kappa shape index (κ3) is 7.74. The minimum atomic E-state index is 0.978. The van der Waals surface area contributed by atoms with Crippen molar-refractivity contribution in [2.24, 2.45) is 0 Å². The molecule has 0 heteroatoms. The normalized spacial score (nSPS) is 12.1. The molecule has 0 radical (unpaired) electrons. The van der Waals surface area contributed by atoms with Gasteiger partial charge in [-0.25, -0.2) is 0 Å². The topological polar surface area (TPSA) is 0 Å². The summed E-state index contributed by atoms with van der Waals surface area (Å²) in [5, 5.41) is 0. The average Bonchev–Trinajstić information content (AvgIpc) is 2.72. The fraction of sp³-hybridized carbons (Fsp3) is 0.310. The molecule has 2 aromatic rings. The van der Waals surface area contributed by atoms with Gasteiger partial charge in [0.25, 0.3) is 0 Å². The number of allylic oxidation sites excluding steroid dienone is 5. The zero-order valence-corrected chi connectivity index (χ0v) is 18.5. The van der Waals surface area contributed by atoms with Gasteiger partial charge in [-0.3, -0.25) is 0 Å². The van der Waals surface area contributed by atoms with E-state index < -0.39 is 0 Å². The lowest BCUT2D eigenvalue weighted by molar-refractivity contribution is 0.803. The number of hydrogen-bond acceptors (Lipinski definition) is 0. The van der Waals surface area contributed by atoms with E-state index in [9.17, 15) is 0 Å². The molecule has 0 aliphatic heterocycles. The molecule has 152 valence electrons. The van der Waals surface area contributed by atoms with E-state index in [2.05, 4.69) is 88.5 Å². The van der Waals surface area contributed by atoms with E-state index in [1.165, 1.54) is 46.2 Å². The van der Waals surface area contributed by atoms with Gasteiger partial charge in [0, 0.05) is 0 Å². The van der Waals surface area contributed by atoms with Gasteiger partial charge in [0.2, 0.25) is 0 Å². The Morgan fingerprint density at radius 1 is 0.931 bits per heavy atom. The Hall–Kier alpha value is -2.60. The van der Waals surface area contributed by atoms with Crippen LogP contribution in [0.25, 0.3) is 5.57 Å². The van der Waals surface area contributed by atoms with Crippen molar-refractivity contribution in [2.75, 3.05) is 0 Å². The molecular formula is C29H36. The van der Waals surface area contributed by atoms with Gasteiger partial charge in [0.15, 0.2) is 0 Å². The molecule has 0 unspecified atom stereocenters. The van der Waals surface area contributed by atoms with E-state index >= 15 is 0 Å². The predicted molar refractivity (Wildman–Crippen MR) is 130 cm³/mol. The fourth-order valence-electron chi connectivity index (χ4n) is 3.62. The van der Waals surface area contributed by atoms with Crippen LogP contribution in [0.15, 0.2) is 91.1 Å². The molecule has 0 N–H and O–H groups in total. The third-order valence-electron chi connectivity index (χ3n) is 5.44. The van der Waals surface area contributed by atoms with E-state index in [1.54, 1.807) is 0 Å². The predicted octanol–water partition coefficient (Wildman–Crippen LogP) is 8.63. The average molecular weight is 385 g/mol. The second-order valence-corrected chi connectivity index (χ2v) is 8.01. The van der Waals surface area contributed by atoms with Crippen molar-refractivity contribution in [3.05, 3.63) is 113 Å². The maximum absolute atomic E-state index is 4.31. The van der Waals surface area contributed by atoms with Crippen LogP contribution in [0.4, 0.5) is 0 Å². The van der Waals surface area contributed by atoms with Gasteiger partial charge < -0.3 is 0 Å². The van der Waals surface area contributed by atoms with Gasteiger partial charge >= 0.3 is 0 Å². The Balaban J connectivity index is 1.84. The standard InChI is InChI=1S/C29H36/c1-6-7-13-23(2)14-11-15-24(3)16-12-17-27-20-21-29(25(4)22-27)26(5)28-18-9-8-10-19-28/h6,8-10,13,15,18-22H,1,5,7,11-12,14,16-17H2,2-4H3/b23-13+,24-15+. The van der Waals surface area contributed by atoms with Crippen LogP contribution in [-0.2, 0) is 6.42 Å². The van der Waals surface area contributed by atoms with E-state index in [0.29, 0.717) is 0 Å². The molecule has 2 rings (SSSR count). The van der Waals surface area contributed by atoms with Crippen molar-refractivity contribution in [2.45, 2.75) is 59.3 Å². The molecule has 0 aliphatic carbocycles. The molecular weight excluding hydrogens is 348 g/mol. The lowest BCUT2D eigenvalue weighted by Gasteiger charge is -2.12. The van der Waals surface area contributed by atoms with Crippen LogP contribution in [0.2, 0.25) is 0 Å². The number of hydrogen-bond donors (Lipinski definition) is 0. The van der Waals surface area contributed by atoms with Crippen LogP contribution in [0.5, 0.6) is 0 Å².